The van der Waals surface area contributed by atoms with Crippen molar-refractivity contribution < 1.29 is 5.11 Å². The number of rotatable bonds is 3. The summed E-state index contributed by atoms with van der Waals surface area (Å²) < 4.78 is 3.06. The minimum Gasteiger partial charge on any atom is -0.384 e. The molecule has 1 atom stereocenters. The lowest BCUT2D eigenvalue weighted by molar-refractivity contribution is 0.0595. The van der Waals surface area contributed by atoms with Crippen LogP contribution in [0.25, 0.3) is 10.1 Å². The third-order valence-electron chi connectivity index (χ3n) is 3.58. The van der Waals surface area contributed by atoms with Crippen LogP contribution in [-0.2, 0) is 19.1 Å². The molecule has 3 nitrogen and oxygen atoms in total. The Bertz CT molecular complexity index is 722. The Labute approximate surface area is 122 Å². The smallest absolute Gasteiger partial charge is 0.101 e. The van der Waals surface area contributed by atoms with Gasteiger partial charge in [0, 0.05) is 28.7 Å². The van der Waals surface area contributed by atoms with Crippen molar-refractivity contribution in [3.63, 3.8) is 0 Å². The van der Waals surface area contributed by atoms with E-state index in [1.165, 1.54) is 10.1 Å². The van der Waals surface area contributed by atoms with E-state index in [1.807, 2.05) is 43.8 Å². The third-order valence-corrected chi connectivity index (χ3v) is 4.95. The largest absolute Gasteiger partial charge is 0.384 e. The van der Waals surface area contributed by atoms with Gasteiger partial charge in [-0.05, 0) is 37.4 Å². The van der Waals surface area contributed by atoms with Gasteiger partial charge in [0.2, 0.25) is 0 Å². The van der Waals surface area contributed by atoms with Gasteiger partial charge >= 0.3 is 0 Å². The molecule has 2 heterocycles. The van der Waals surface area contributed by atoms with E-state index in [1.54, 1.807) is 11.3 Å². The first-order chi connectivity index (χ1) is 9.45. The van der Waals surface area contributed by atoms with Gasteiger partial charge in [0.1, 0.15) is 5.60 Å². The van der Waals surface area contributed by atoms with Crippen LogP contribution in [0.15, 0.2) is 36.4 Å². The highest BCUT2D eigenvalue weighted by molar-refractivity contribution is 7.19. The number of aryl methyl sites for hydroxylation is 2. The number of hydrogen-bond donors (Lipinski definition) is 1. The lowest BCUT2D eigenvalue weighted by Crippen LogP contribution is -2.24. The van der Waals surface area contributed by atoms with Crippen LogP contribution in [0.1, 0.15) is 23.2 Å². The molecule has 0 spiro atoms. The van der Waals surface area contributed by atoms with E-state index < -0.39 is 5.60 Å². The van der Waals surface area contributed by atoms with E-state index in [9.17, 15) is 5.11 Å². The molecule has 1 aromatic carbocycles. The molecule has 0 amide bonds. The molecule has 2 aromatic heterocycles. The van der Waals surface area contributed by atoms with Crippen molar-refractivity contribution in [2.75, 3.05) is 0 Å². The van der Waals surface area contributed by atoms with Crippen molar-refractivity contribution in [1.82, 2.24) is 9.78 Å². The van der Waals surface area contributed by atoms with Crippen molar-refractivity contribution in [2.45, 2.75) is 25.9 Å². The van der Waals surface area contributed by atoms with Crippen LogP contribution in [0.2, 0.25) is 0 Å². The summed E-state index contributed by atoms with van der Waals surface area (Å²) in [6.45, 7) is 3.84. The fraction of sp³-hybridized carbons (Fsp3) is 0.312. The molecule has 4 heteroatoms. The first kappa shape index (κ1) is 13.3. The molecule has 20 heavy (non-hydrogen) atoms. The summed E-state index contributed by atoms with van der Waals surface area (Å²) in [6, 6.07) is 12.3. The number of nitrogens with zero attached hydrogens (tertiary/aromatic N) is 2. The molecule has 0 fully saturated rings. The van der Waals surface area contributed by atoms with E-state index in [-0.39, 0.29) is 0 Å². The Morgan fingerprint density at radius 2 is 2.05 bits per heavy atom. The fourth-order valence-electron chi connectivity index (χ4n) is 2.52. The van der Waals surface area contributed by atoms with Crippen LogP contribution in [0.5, 0.6) is 0 Å². The molecule has 0 saturated heterocycles. The fourth-order valence-corrected chi connectivity index (χ4v) is 3.62. The second-order valence-corrected chi connectivity index (χ2v) is 6.58. The summed E-state index contributed by atoms with van der Waals surface area (Å²) in [5.41, 5.74) is 1.16. The normalized spacial score (nSPS) is 14.6. The molecule has 0 bridgehead atoms. The number of aromatic nitrogens is 2. The molecule has 3 aromatic rings. The maximum atomic E-state index is 10.8. The quantitative estimate of drug-likeness (QED) is 0.801. The van der Waals surface area contributed by atoms with E-state index >= 15 is 0 Å². The van der Waals surface area contributed by atoms with Gasteiger partial charge in [-0.1, -0.05) is 18.2 Å². The number of thiophene rings is 1. The van der Waals surface area contributed by atoms with E-state index in [2.05, 4.69) is 23.3 Å². The van der Waals surface area contributed by atoms with Crippen molar-refractivity contribution in [3.8, 4) is 0 Å². The maximum absolute atomic E-state index is 10.8. The van der Waals surface area contributed by atoms with Crippen LogP contribution in [0.4, 0.5) is 0 Å². The summed E-state index contributed by atoms with van der Waals surface area (Å²) in [5, 5.41) is 16.4. The number of fused-ring (bicyclic) bond motifs is 1. The van der Waals surface area contributed by atoms with Crippen LogP contribution >= 0.6 is 11.3 Å². The molecule has 0 saturated carbocycles. The molecule has 0 radical (unpaired) electrons. The Morgan fingerprint density at radius 1 is 1.30 bits per heavy atom. The average molecular weight is 286 g/mol. The van der Waals surface area contributed by atoms with Crippen LogP contribution in [-0.4, -0.2) is 14.9 Å². The van der Waals surface area contributed by atoms with Gasteiger partial charge in [0.15, 0.2) is 0 Å². The number of benzene rings is 1. The Kier molecular flexibility index (Phi) is 3.15. The van der Waals surface area contributed by atoms with Gasteiger partial charge in [-0.2, -0.15) is 5.10 Å². The molecule has 0 aliphatic carbocycles. The van der Waals surface area contributed by atoms with Crippen molar-refractivity contribution in [3.05, 3.63) is 52.7 Å². The average Bonchev–Trinajstić information content (AvgIpc) is 2.93. The first-order valence-electron chi connectivity index (χ1n) is 6.67. The number of hydrogen-bond acceptors (Lipinski definition) is 3. The highest BCUT2D eigenvalue weighted by Gasteiger charge is 2.27. The van der Waals surface area contributed by atoms with Gasteiger partial charge < -0.3 is 5.11 Å². The minimum absolute atomic E-state index is 0.567. The standard InChI is InChI=1S/C16H18N2OS/c1-11-8-13(18(3)17-11)10-16(2,19)15-9-12-6-4-5-7-14(12)20-15/h4-9,19H,10H2,1-3H3. The SMILES string of the molecule is Cc1cc(CC(C)(O)c2cc3ccccc3s2)n(C)n1. The Balaban J connectivity index is 1.96. The summed E-state index contributed by atoms with van der Waals surface area (Å²) >= 11 is 1.66. The van der Waals surface area contributed by atoms with E-state index in [0.29, 0.717) is 6.42 Å². The highest BCUT2D eigenvalue weighted by atomic mass is 32.1. The van der Waals surface area contributed by atoms with Gasteiger partial charge in [-0.3, -0.25) is 4.68 Å². The second kappa shape index (κ2) is 4.72. The summed E-state index contributed by atoms with van der Waals surface area (Å²) in [7, 11) is 1.92. The lowest BCUT2D eigenvalue weighted by atomic mass is 9.97. The molecule has 1 N–H and O–H groups in total. The van der Waals surface area contributed by atoms with Crippen LogP contribution in [0.3, 0.4) is 0 Å². The van der Waals surface area contributed by atoms with E-state index in [0.717, 1.165) is 16.3 Å². The molecule has 3 rings (SSSR count). The Hall–Kier alpha value is -1.65. The zero-order valence-corrected chi connectivity index (χ0v) is 12.7. The van der Waals surface area contributed by atoms with Crippen molar-refractivity contribution in [1.29, 1.82) is 0 Å². The van der Waals surface area contributed by atoms with Crippen LogP contribution in [0, 0.1) is 6.92 Å². The third kappa shape index (κ3) is 2.37. The maximum Gasteiger partial charge on any atom is 0.101 e. The second-order valence-electron chi connectivity index (χ2n) is 5.50. The molecule has 0 aliphatic rings. The molecular formula is C16H18N2OS. The van der Waals surface area contributed by atoms with Gasteiger partial charge in [-0.25, -0.2) is 0 Å². The summed E-state index contributed by atoms with van der Waals surface area (Å²) in [4.78, 5) is 0.998. The summed E-state index contributed by atoms with van der Waals surface area (Å²) in [6.07, 6.45) is 0.567. The molecule has 0 aliphatic heterocycles. The highest BCUT2D eigenvalue weighted by Crippen LogP contribution is 2.35. The molecular weight excluding hydrogens is 268 g/mol. The first-order valence-corrected chi connectivity index (χ1v) is 7.48. The monoisotopic (exact) mass is 286 g/mol. The van der Waals surface area contributed by atoms with Gasteiger partial charge in [0.25, 0.3) is 0 Å². The Morgan fingerprint density at radius 3 is 2.70 bits per heavy atom. The summed E-state index contributed by atoms with van der Waals surface area (Å²) in [5.74, 6) is 0. The minimum atomic E-state index is -0.871. The van der Waals surface area contributed by atoms with Crippen molar-refractivity contribution >= 4 is 21.4 Å². The zero-order valence-electron chi connectivity index (χ0n) is 11.9. The molecule has 1 unspecified atom stereocenters. The van der Waals surface area contributed by atoms with Gasteiger partial charge in [0.05, 0.1) is 5.69 Å². The molecule has 104 valence electrons. The van der Waals surface area contributed by atoms with Crippen molar-refractivity contribution in [2.24, 2.45) is 7.05 Å². The van der Waals surface area contributed by atoms with E-state index in [4.69, 9.17) is 0 Å². The number of aliphatic hydroxyl groups is 1. The topological polar surface area (TPSA) is 38.0 Å². The van der Waals surface area contributed by atoms with Crippen LogP contribution < -0.4 is 0 Å². The predicted octanol–water partition coefficient (Wildman–Crippen LogP) is 3.39. The zero-order chi connectivity index (χ0) is 14.3. The predicted molar refractivity (Wildman–Crippen MR) is 83.0 cm³/mol. The van der Waals surface area contributed by atoms with Gasteiger partial charge in [-0.15, -0.1) is 11.3 Å². The lowest BCUT2D eigenvalue weighted by Gasteiger charge is -2.21.